The summed E-state index contributed by atoms with van der Waals surface area (Å²) in [5, 5.41) is 9.57. The summed E-state index contributed by atoms with van der Waals surface area (Å²) in [6, 6.07) is 47.6. The Morgan fingerprint density at radius 2 is 1.22 bits per heavy atom. The number of hydrogen-bond acceptors (Lipinski definition) is 2. The van der Waals surface area contributed by atoms with E-state index in [4.69, 9.17) is 9.41 Å². The van der Waals surface area contributed by atoms with Crippen molar-refractivity contribution in [2.24, 2.45) is 4.99 Å². The largest absolute Gasteiger partial charge is 0.455 e. The van der Waals surface area contributed by atoms with E-state index in [1.807, 2.05) is 0 Å². The number of rotatable bonds is 5. The van der Waals surface area contributed by atoms with Crippen LogP contribution in [0.1, 0.15) is 37.4 Å². The fraction of sp³-hybridized carbons (Fsp3) is 0.0851. The van der Waals surface area contributed by atoms with Crippen LogP contribution in [-0.4, -0.2) is 5.71 Å². The molecule has 49 heavy (non-hydrogen) atoms. The van der Waals surface area contributed by atoms with Gasteiger partial charge in [0.15, 0.2) is 0 Å². The van der Waals surface area contributed by atoms with E-state index in [0.29, 0.717) is 0 Å². The van der Waals surface area contributed by atoms with Crippen LogP contribution in [0.2, 0.25) is 0 Å². The Balaban J connectivity index is 1.27. The van der Waals surface area contributed by atoms with Crippen molar-refractivity contribution in [2.45, 2.75) is 26.3 Å². The van der Waals surface area contributed by atoms with E-state index in [0.717, 1.165) is 39.5 Å². The molecule has 0 saturated carbocycles. The molecular weight excluding hydrogens is 595 g/mol. The van der Waals surface area contributed by atoms with Crippen molar-refractivity contribution in [3.05, 3.63) is 174 Å². The van der Waals surface area contributed by atoms with Crippen molar-refractivity contribution < 1.29 is 4.42 Å². The molecule has 0 aliphatic heterocycles. The minimum Gasteiger partial charge on any atom is -0.455 e. The summed E-state index contributed by atoms with van der Waals surface area (Å²) in [5.41, 5.74) is 10.1. The SMILES string of the molecule is CC/C(=C1/C=CC=CC1=NC(C)c1cc2c3ccccc3c3ccccc3c2c2oc3ccccc3c12)c1cccc(-c2ccccc2)c1. The predicted molar refractivity (Wildman–Crippen MR) is 209 cm³/mol. The first-order chi connectivity index (χ1) is 24.2. The third-order valence-electron chi connectivity index (χ3n) is 10.1. The highest BCUT2D eigenvalue weighted by atomic mass is 16.3. The van der Waals surface area contributed by atoms with Gasteiger partial charge in [-0.2, -0.15) is 0 Å². The molecule has 0 amide bonds. The van der Waals surface area contributed by atoms with E-state index in [9.17, 15) is 0 Å². The van der Waals surface area contributed by atoms with Crippen LogP contribution >= 0.6 is 0 Å². The molecule has 1 unspecified atom stereocenters. The molecule has 8 aromatic rings. The monoisotopic (exact) mass is 629 g/mol. The molecule has 0 bridgehead atoms. The third kappa shape index (κ3) is 4.83. The lowest BCUT2D eigenvalue weighted by atomic mass is 9.89. The zero-order valence-electron chi connectivity index (χ0n) is 27.7. The molecule has 0 radical (unpaired) electrons. The quantitative estimate of drug-likeness (QED) is 0.174. The lowest BCUT2D eigenvalue weighted by Gasteiger charge is -2.19. The molecule has 2 nitrogen and oxygen atoms in total. The maximum absolute atomic E-state index is 6.80. The standard InChI is InChI=1S/C47H35NO/c1-3-34(33-19-15-18-32(28-33)31-16-5-4-6-17-31)38-23-11-13-26-43(38)48-30(2)41-29-42-37-22-8-7-20-35(37)36-21-9-10-24-39(36)45(42)47-46(41)40-25-12-14-27-44(40)49-47/h4-30H,3H2,1-2H3/b38-34+,48-43?. The average molecular weight is 630 g/mol. The van der Waals surface area contributed by atoms with Gasteiger partial charge in [-0.1, -0.05) is 140 Å². The number of aliphatic imine (C=N–C) groups is 1. The zero-order chi connectivity index (χ0) is 32.9. The van der Waals surface area contributed by atoms with E-state index in [1.54, 1.807) is 0 Å². The Morgan fingerprint density at radius 3 is 2.00 bits per heavy atom. The fourth-order valence-corrected chi connectivity index (χ4v) is 7.82. The molecule has 0 saturated heterocycles. The van der Waals surface area contributed by atoms with Gasteiger partial charge in [0.2, 0.25) is 0 Å². The van der Waals surface area contributed by atoms with E-state index in [-0.39, 0.29) is 6.04 Å². The number of furan rings is 1. The lowest BCUT2D eigenvalue weighted by Crippen LogP contribution is -2.06. The van der Waals surface area contributed by atoms with Crippen LogP contribution < -0.4 is 0 Å². The van der Waals surface area contributed by atoms with Gasteiger partial charge in [-0.25, -0.2) is 0 Å². The molecule has 7 aromatic carbocycles. The highest BCUT2D eigenvalue weighted by molar-refractivity contribution is 6.33. The molecule has 0 spiro atoms. The van der Waals surface area contributed by atoms with E-state index in [2.05, 4.69) is 172 Å². The van der Waals surface area contributed by atoms with Crippen LogP contribution in [0.4, 0.5) is 0 Å². The molecule has 0 fully saturated rings. The summed E-state index contributed by atoms with van der Waals surface area (Å²) in [7, 11) is 0. The Bertz CT molecular complexity index is 2700. The highest BCUT2D eigenvalue weighted by Crippen LogP contribution is 2.45. The fourth-order valence-electron chi connectivity index (χ4n) is 7.82. The average Bonchev–Trinajstić information content (AvgIpc) is 3.55. The van der Waals surface area contributed by atoms with E-state index in [1.165, 1.54) is 60.3 Å². The predicted octanol–water partition coefficient (Wildman–Crippen LogP) is 13.2. The number of allylic oxidation sites excluding steroid dienone is 6. The Hall–Kier alpha value is -5.99. The van der Waals surface area contributed by atoms with Crippen LogP contribution in [0.25, 0.3) is 71.0 Å². The van der Waals surface area contributed by atoms with Crippen LogP contribution in [-0.2, 0) is 0 Å². The number of para-hydroxylation sites is 1. The molecule has 1 aliphatic carbocycles. The number of benzene rings is 7. The van der Waals surface area contributed by atoms with Crippen molar-refractivity contribution in [1.29, 1.82) is 0 Å². The first kappa shape index (κ1) is 29.2. The summed E-state index contributed by atoms with van der Waals surface area (Å²) >= 11 is 0. The minimum absolute atomic E-state index is 0.131. The normalized spacial score (nSPS) is 15.7. The van der Waals surface area contributed by atoms with Crippen LogP contribution in [0, 0.1) is 0 Å². The maximum atomic E-state index is 6.80. The van der Waals surface area contributed by atoms with Crippen molar-refractivity contribution in [3.63, 3.8) is 0 Å². The zero-order valence-corrected chi connectivity index (χ0v) is 27.7. The van der Waals surface area contributed by atoms with Gasteiger partial charge in [0.1, 0.15) is 11.2 Å². The smallest absolute Gasteiger partial charge is 0.144 e. The van der Waals surface area contributed by atoms with Crippen molar-refractivity contribution in [2.75, 3.05) is 0 Å². The molecule has 1 aromatic heterocycles. The Labute approximate surface area is 286 Å². The van der Waals surface area contributed by atoms with Gasteiger partial charge in [-0.3, -0.25) is 4.99 Å². The molecular formula is C47H35NO. The number of fused-ring (bicyclic) bond motifs is 10. The van der Waals surface area contributed by atoms with Crippen LogP contribution in [0.3, 0.4) is 0 Å². The molecule has 2 heteroatoms. The highest BCUT2D eigenvalue weighted by Gasteiger charge is 2.22. The van der Waals surface area contributed by atoms with Gasteiger partial charge in [0.25, 0.3) is 0 Å². The van der Waals surface area contributed by atoms with Crippen molar-refractivity contribution in [3.8, 4) is 11.1 Å². The second-order valence-electron chi connectivity index (χ2n) is 12.9. The van der Waals surface area contributed by atoms with E-state index >= 15 is 0 Å². The maximum Gasteiger partial charge on any atom is 0.144 e. The van der Waals surface area contributed by atoms with Crippen LogP contribution in [0.5, 0.6) is 0 Å². The second-order valence-corrected chi connectivity index (χ2v) is 12.9. The molecule has 9 rings (SSSR count). The van der Waals surface area contributed by atoms with Gasteiger partial charge >= 0.3 is 0 Å². The summed E-state index contributed by atoms with van der Waals surface area (Å²) in [6.07, 6.45) is 9.51. The number of nitrogens with zero attached hydrogens (tertiary/aromatic N) is 1. The topological polar surface area (TPSA) is 25.5 Å². The second kappa shape index (κ2) is 11.9. The van der Waals surface area contributed by atoms with Gasteiger partial charge in [-0.05, 0) is 92.4 Å². The van der Waals surface area contributed by atoms with Gasteiger partial charge < -0.3 is 4.42 Å². The summed E-state index contributed by atoms with van der Waals surface area (Å²) < 4.78 is 6.80. The number of hydrogen-bond donors (Lipinski definition) is 0. The Kier molecular flexibility index (Phi) is 7.09. The molecule has 0 N–H and O–H groups in total. The first-order valence-corrected chi connectivity index (χ1v) is 17.2. The van der Waals surface area contributed by atoms with Crippen LogP contribution in [0.15, 0.2) is 173 Å². The molecule has 1 atom stereocenters. The van der Waals surface area contributed by atoms with Gasteiger partial charge in [0.05, 0.1) is 11.8 Å². The van der Waals surface area contributed by atoms with Crippen molar-refractivity contribution >= 4 is 65.5 Å². The van der Waals surface area contributed by atoms with E-state index < -0.39 is 0 Å². The Morgan fingerprint density at radius 1 is 0.592 bits per heavy atom. The van der Waals surface area contributed by atoms with Crippen molar-refractivity contribution in [1.82, 2.24) is 0 Å². The lowest BCUT2D eigenvalue weighted by molar-refractivity contribution is 0.672. The third-order valence-corrected chi connectivity index (χ3v) is 10.1. The van der Waals surface area contributed by atoms with Gasteiger partial charge in [0, 0.05) is 21.7 Å². The first-order valence-electron chi connectivity index (χ1n) is 17.2. The minimum atomic E-state index is -0.131. The molecule has 234 valence electrons. The summed E-state index contributed by atoms with van der Waals surface area (Å²) in [4.78, 5) is 5.53. The van der Waals surface area contributed by atoms with Gasteiger partial charge in [-0.15, -0.1) is 0 Å². The summed E-state index contributed by atoms with van der Waals surface area (Å²) in [6.45, 7) is 4.47. The molecule has 1 heterocycles. The summed E-state index contributed by atoms with van der Waals surface area (Å²) in [5.74, 6) is 0. The molecule has 1 aliphatic rings.